The Kier molecular flexibility index (Phi) is 4.28. The fourth-order valence-corrected chi connectivity index (χ4v) is 1.56. The fourth-order valence-electron chi connectivity index (χ4n) is 1.26. The molecule has 1 aromatic rings. The van der Waals surface area contributed by atoms with Crippen molar-refractivity contribution in [3.63, 3.8) is 0 Å². The van der Waals surface area contributed by atoms with E-state index in [1.165, 1.54) is 12.1 Å². The summed E-state index contributed by atoms with van der Waals surface area (Å²) in [5, 5.41) is 11.9. The molecule has 0 saturated heterocycles. The van der Waals surface area contributed by atoms with Gasteiger partial charge in [-0.15, -0.1) is 0 Å². The van der Waals surface area contributed by atoms with Crippen molar-refractivity contribution in [1.82, 2.24) is 5.32 Å². The Labute approximate surface area is 112 Å². The van der Waals surface area contributed by atoms with Crippen LogP contribution in [0.3, 0.4) is 0 Å². The summed E-state index contributed by atoms with van der Waals surface area (Å²) in [6, 6.07) is 3.59. The molecule has 0 fully saturated rings. The topological polar surface area (TPSA) is 109 Å². The van der Waals surface area contributed by atoms with Gasteiger partial charge in [-0.3, -0.25) is 19.7 Å². The number of primary amides is 1. The molecule has 8 heteroatoms. The average molecular weight is 291 g/mol. The van der Waals surface area contributed by atoms with Crippen molar-refractivity contribution in [3.05, 3.63) is 33.8 Å². The number of benzene rings is 1. The third-order valence-corrected chi connectivity index (χ3v) is 2.95. The smallest absolute Gasteiger partial charge is 0.272 e. The second kappa shape index (κ2) is 5.34. The van der Waals surface area contributed by atoms with E-state index < -0.39 is 17.4 Å². The molecule has 3 amide bonds. The lowest BCUT2D eigenvalue weighted by Crippen LogP contribution is -2.53. The van der Waals surface area contributed by atoms with Gasteiger partial charge in [-0.1, -0.05) is 29.3 Å². The molecule has 0 aliphatic carbocycles. The molecule has 0 saturated carbocycles. The molecular weight excluding hydrogens is 283 g/mol. The minimum atomic E-state index is -2.70. The van der Waals surface area contributed by atoms with Gasteiger partial charge in [0.1, 0.15) is 0 Å². The molecule has 0 spiro atoms. The minimum Gasteiger partial charge on any atom is -0.368 e. The molecule has 0 aromatic heterocycles. The van der Waals surface area contributed by atoms with Crippen LogP contribution < -0.4 is 11.1 Å². The predicted molar refractivity (Wildman–Crippen MR) is 63.8 cm³/mol. The Morgan fingerprint density at radius 3 is 2.39 bits per heavy atom. The first kappa shape index (κ1) is 14.4. The van der Waals surface area contributed by atoms with E-state index in [1.807, 2.05) is 0 Å². The van der Waals surface area contributed by atoms with Crippen LogP contribution in [0.15, 0.2) is 18.2 Å². The van der Waals surface area contributed by atoms with Gasteiger partial charge in [0.15, 0.2) is 0 Å². The van der Waals surface area contributed by atoms with E-state index in [4.69, 9.17) is 28.9 Å². The zero-order valence-corrected chi connectivity index (χ0v) is 10.3. The second-order valence-corrected chi connectivity index (χ2v) is 4.11. The Hall–Kier alpha value is -1.63. The van der Waals surface area contributed by atoms with Gasteiger partial charge < -0.3 is 10.8 Å². The largest absolute Gasteiger partial charge is 0.368 e. The first-order valence-electron chi connectivity index (χ1n) is 4.56. The highest BCUT2D eigenvalue weighted by atomic mass is 35.5. The van der Waals surface area contributed by atoms with Crippen LogP contribution in [0.2, 0.25) is 10.0 Å². The van der Waals surface area contributed by atoms with Crippen LogP contribution in [-0.2, 0) is 20.0 Å². The van der Waals surface area contributed by atoms with Crippen molar-refractivity contribution >= 4 is 41.4 Å². The molecule has 0 heterocycles. The quantitative estimate of drug-likeness (QED) is 0.533. The molecule has 0 aliphatic rings. The molecule has 18 heavy (non-hydrogen) atoms. The van der Waals surface area contributed by atoms with Crippen LogP contribution in [0.25, 0.3) is 0 Å². The summed E-state index contributed by atoms with van der Waals surface area (Å²) in [5.74, 6) is -2.62. The third kappa shape index (κ3) is 2.45. The molecule has 0 radical (unpaired) electrons. The fraction of sp³-hybridized carbons (Fsp3) is 0.100. The molecule has 1 atom stereocenters. The number of carbonyl (C=O) groups excluding carboxylic acids is 3. The van der Waals surface area contributed by atoms with Crippen molar-refractivity contribution in [2.45, 2.75) is 5.60 Å². The number of hydrogen-bond acceptors (Lipinski definition) is 4. The lowest BCUT2D eigenvalue weighted by atomic mass is 9.92. The normalized spacial score (nSPS) is 13.5. The zero-order chi connectivity index (χ0) is 13.9. The SMILES string of the molecule is NC(=O)C(O)(C(=O)NC=O)c1ccc(Cl)c(Cl)c1. The van der Waals surface area contributed by atoms with E-state index in [2.05, 4.69) is 0 Å². The van der Waals surface area contributed by atoms with E-state index in [9.17, 15) is 19.5 Å². The summed E-state index contributed by atoms with van der Waals surface area (Å²) in [6.07, 6.45) is 0.0216. The van der Waals surface area contributed by atoms with Crippen molar-refractivity contribution in [2.24, 2.45) is 5.73 Å². The third-order valence-electron chi connectivity index (χ3n) is 2.21. The van der Waals surface area contributed by atoms with Crippen LogP contribution >= 0.6 is 23.2 Å². The summed E-state index contributed by atoms with van der Waals surface area (Å²) in [4.78, 5) is 33.0. The van der Waals surface area contributed by atoms with Gasteiger partial charge in [0, 0.05) is 5.56 Å². The van der Waals surface area contributed by atoms with Gasteiger partial charge >= 0.3 is 0 Å². The van der Waals surface area contributed by atoms with Crippen LogP contribution in [0.4, 0.5) is 0 Å². The molecule has 6 nitrogen and oxygen atoms in total. The maximum atomic E-state index is 11.5. The highest BCUT2D eigenvalue weighted by molar-refractivity contribution is 6.42. The van der Waals surface area contributed by atoms with Crippen molar-refractivity contribution in [2.75, 3.05) is 0 Å². The van der Waals surface area contributed by atoms with Crippen LogP contribution in [0.1, 0.15) is 5.56 Å². The number of hydrogen-bond donors (Lipinski definition) is 3. The number of nitrogens with one attached hydrogen (secondary N) is 1. The van der Waals surface area contributed by atoms with Crippen molar-refractivity contribution in [3.8, 4) is 0 Å². The van der Waals surface area contributed by atoms with E-state index in [-0.39, 0.29) is 22.0 Å². The van der Waals surface area contributed by atoms with Gasteiger partial charge in [0.25, 0.3) is 11.8 Å². The summed E-state index contributed by atoms with van der Waals surface area (Å²) in [7, 11) is 0. The van der Waals surface area contributed by atoms with Crippen LogP contribution in [0.5, 0.6) is 0 Å². The summed E-state index contributed by atoms with van der Waals surface area (Å²) in [6.45, 7) is 0. The number of aliphatic hydroxyl groups is 1. The van der Waals surface area contributed by atoms with E-state index >= 15 is 0 Å². The second-order valence-electron chi connectivity index (χ2n) is 3.29. The first-order valence-corrected chi connectivity index (χ1v) is 5.32. The van der Waals surface area contributed by atoms with E-state index in [1.54, 1.807) is 5.32 Å². The summed E-state index contributed by atoms with van der Waals surface area (Å²) < 4.78 is 0. The standard InChI is InChI=1S/C10H8Cl2N2O4/c11-6-2-1-5(3-7(6)12)10(18,8(13)16)9(17)14-4-15/h1-4,18H,(H2,13,16)(H,14,15,17). The Morgan fingerprint density at radius 2 is 1.94 bits per heavy atom. The molecule has 1 aromatic carbocycles. The van der Waals surface area contributed by atoms with Gasteiger partial charge in [-0.2, -0.15) is 0 Å². The highest BCUT2D eigenvalue weighted by Crippen LogP contribution is 2.29. The molecular formula is C10H8Cl2N2O4. The number of rotatable bonds is 4. The summed E-state index contributed by atoms with van der Waals surface area (Å²) in [5.41, 5.74) is 2.09. The summed E-state index contributed by atoms with van der Waals surface area (Å²) >= 11 is 11.4. The van der Waals surface area contributed by atoms with Gasteiger partial charge in [-0.05, 0) is 12.1 Å². The van der Waals surface area contributed by atoms with Crippen molar-refractivity contribution < 1.29 is 19.5 Å². The Bertz CT molecular complexity index is 521. The maximum Gasteiger partial charge on any atom is 0.272 e. The number of amides is 3. The molecule has 1 rings (SSSR count). The number of carbonyl (C=O) groups is 3. The van der Waals surface area contributed by atoms with Crippen LogP contribution in [-0.4, -0.2) is 23.3 Å². The Balaban J connectivity index is 3.35. The number of imide groups is 1. The van der Waals surface area contributed by atoms with Gasteiger partial charge in [0.2, 0.25) is 12.0 Å². The zero-order valence-electron chi connectivity index (χ0n) is 8.81. The average Bonchev–Trinajstić information content (AvgIpc) is 2.31. The van der Waals surface area contributed by atoms with Crippen LogP contribution in [0, 0.1) is 0 Å². The monoisotopic (exact) mass is 290 g/mol. The number of halogens is 2. The van der Waals surface area contributed by atoms with E-state index in [0.29, 0.717) is 0 Å². The first-order chi connectivity index (χ1) is 8.33. The van der Waals surface area contributed by atoms with Gasteiger partial charge in [-0.25, -0.2) is 0 Å². The van der Waals surface area contributed by atoms with Crippen molar-refractivity contribution in [1.29, 1.82) is 0 Å². The maximum absolute atomic E-state index is 11.5. The lowest BCUT2D eigenvalue weighted by Gasteiger charge is -2.22. The Morgan fingerprint density at radius 1 is 1.33 bits per heavy atom. The highest BCUT2D eigenvalue weighted by Gasteiger charge is 2.44. The molecule has 0 aliphatic heterocycles. The molecule has 4 N–H and O–H groups in total. The minimum absolute atomic E-state index is 0.0211. The lowest BCUT2D eigenvalue weighted by molar-refractivity contribution is -0.153. The molecule has 96 valence electrons. The number of nitrogens with two attached hydrogens (primary N) is 1. The molecule has 0 bridgehead atoms. The van der Waals surface area contributed by atoms with E-state index in [0.717, 1.165) is 6.07 Å². The molecule has 1 unspecified atom stereocenters. The predicted octanol–water partition coefficient (Wildman–Crippen LogP) is -0.0611. The van der Waals surface area contributed by atoms with Gasteiger partial charge in [0.05, 0.1) is 10.0 Å².